The SMILES string of the molecule is COc1cc(C2(C(=O)O)CC2)c(Cl)c2cc(C)oc12. The number of fused-ring (bicyclic) bond motifs is 1. The summed E-state index contributed by atoms with van der Waals surface area (Å²) in [6.07, 6.45) is 1.21. The van der Waals surface area contributed by atoms with E-state index in [1.54, 1.807) is 6.07 Å². The summed E-state index contributed by atoms with van der Waals surface area (Å²) in [6.45, 7) is 1.82. The first-order chi connectivity index (χ1) is 8.99. The molecule has 0 spiro atoms. The second-order valence-electron chi connectivity index (χ2n) is 4.93. The summed E-state index contributed by atoms with van der Waals surface area (Å²) in [7, 11) is 1.53. The fraction of sp³-hybridized carbons (Fsp3) is 0.357. The van der Waals surface area contributed by atoms with Gasteiger partial charge in [0.25, 0.3) is 0 Å². The zero-order valence-electron chi connectivity index (χ0n) is 10.6. The van der Waals surface area contributed by atoms with Crippen molar-refractivity contribution in [3.63, 3.8) is 0 Å². The molecule has 0 saturated heterocycles. The molecule has 2 aromatic rings. The van der Waals surface area contributed by atoms with Gasteiger partial charge in [-0.3, -0.25) is 4.79 Å². The lowest BCUT2D eigenvalue weighted by molar-refractivity contribution is -0.140. The molecule has 1 saturated carbocycles. The van der Waals surface area contributed by atoms with Gasteiger partial charge in [-0.25, -0.2) is 0 Å². The van der Waals surface area contributed by atoms with Crippen molar-refractivity contribution in [3.8, 4) is 5.75 Å². The normalized spacial score (nSPS) is 16.6. The molecule has 0 unspecified atom stereocenters. The Morgan fingerprint density at radius 3 is 2.68 bits per heavy atom. The fourth-order valence-corrected chi connectivity index (χ4v) is 2.86. The van der Waals surface area contributed by atoms with E-state index in [1.165, 1.54) is 7.11 Å². The van der Waals surface area contributed by atoms with Gasteiger partial charge in [-0.1, -0.05) is 11.6 Å². The number of aryl methyl sites for hydroxylation is 1. The van der Waals surface area contributed by atoms with Crippen LogP contribution >= 0.6 is 11.6 Å². The molecule has 5 heteroatoms. The van der Waals surface area contributed by atoms with E-state index in [9.17, 15) is 9.90 Å². The van der Waals surface area contributed by atoms with Crippen LogP contribution in [0.5, 0.6) is 5.75 Å². The van der Waals surface area contributed by atoms with Crippen molar-refractivity contribution in [3.05, 3.63) is 28.5 Å². The minimum Gasteiger partial charge on any atom is -0.493 e. The predicted molar refractivity (Wildman–Crippen MR) is 71.1 cm³/mol. The maximum absolute atomic E-state index is 11.5. The highest BCUT2D eigenvalue weighted by atomic mass is 35.5. The zero-order valence-corrected chi connectivity index (χ0v) is 11.4. The van der Waals surface area contributed by atoms with Gasteiger partial charge in [0, 0.05) is 5.39 Å². The molecule has 0 aliphatic heterocycles. The standard InChI is InChI=1S/C14H13ClO4/c1-7-5-8-11(15)9(14(3-4-14)13(16)17)6-10(18-2)12(8)19-7/h5-6H,3-4H2,1-2H3,(H,16,17). The van der Waals surface area contributed by atoms with Crippen LogP contribution in [0.1, 0.15) is 24.2 Å². The number of ether oxygens (including phenoxy) is 1. The van der Waals surface area contributed by atoms with Gasteiger partial charge in [0.1, 0.15) is 5.76 Å². The Morgan fingerprint density at radius 2 is 2.16 bits per heavy atom. The van der Waals surface area contributed by atoms with E-state index in [0.717, 1.165) is 0 Å². The van der Waals surface area contributed by atoms with Gasteiger partial charge in [-0.15, -0.1) is 0 Å². The van der Waals surface area contributed by atoms with Crippen molar-refractivity contribution in [1.29, 1.82) is 0 Å². The first-order valence-corrected chi connectivity index (χ1v) is 6.38. The molecule has 1 aromatic carbocycles. The lowest BCUT2D eigenvalue weighted by Gasteiger charge is -2.14. The van der Waals surface area contributed by atoms with E-state index in [2.05, 4.69) is 0 Å². The molecule has 0 atom stereocenters. The lowest BCUT2D eigenvalue weighted by atomic mass is 9.94. The molecule has 4 nitrogen and oxygen atoms in total. The Labute approximate surface area is 114 Å². The highest BCUT2D eigenvalue weighted by molar-refractivity contribution is 6.37. The van der Waals surface area contributed by atoms with Crippen molar-refractivity contribution in [2.45, 2.75) is 25.2 Å². The van der Waals surface area contributed by atoms with Gasteiger partial charge < -0.3 is 14.3 Å². The fourth-order valence-electron chi connectivity index (χ4n) is 2.49. The van der Waals surface area contributed by atoms with Gasteiger partial charge in [-0.05, 0) is 37.5 Å². The van der Waals surface area contributed by atoms with E-state index in [1.807, 2.05) is 13.0 Å². The van der Waals surface area contributed by atoms with Gasteiger partial charge in [0.05, 0.1) is 17.5 Å². The topological polar surface area (TPSA) is 59.7 Å². The molecule has 1 N–H and O–H groups in total. The number of benzene rings is 1. The van der Waals surface area contributed by atoms with Crippen molar-refractivity contribution in [2.24, 2.45) is 0 Å². The monoisotopic (exact) mass is 280 g/mol. The number of hydrogen-bond donors (Lipinski definition) is 1. The minimum absolute atomic E-state index is 0.451. The molecule has 3 rings (SSSR count). The molecule has 1 fully saturated rings. The quantitative estimate of drug-likeness (QED) is 0.934. The summed E-state index contributed by atoms with van der Waals surface area (Å²) < 4.78 is 10.9. The van der Waals surface area contributed by atoms with Crippen LogP contribution < -0.4 is 4.74 Å². The highest BCUT2D eigenvalue weighted by Crippen LogP contribution is 2.53. The Morgan fingerprint density at radius 1 is 1.47 bits per heavy atom. The third kappa shape index (κ3) is 1.63. The maximum Gasteiger partial charge on any atom is 0.314 e. The molecule has 100 valence electrons. The number of carboxylic acids is 1. The molecule has 0 bridgehead atoms. The number of carbonyl (C=O) groups is 1. The van der Waals surface area contributed by atoms with E-state index in [4.69, 9.17) is 20.8 Å². The average Bonchev–Trinajstić information content (AvgIpc) is 3.07. The van der Waals surface area contributed by atoms with Crippen LogP contribution in [0, 0.1) is 6.92 Å². The Balaban J connectivity index is 2.32. The molecular weight excluding hydrogens is 268 g/mol. The Kier molecular flexibility index (Phi) is 2.54. The number of aliphatic carboxylic acids is 1. The summed E-state index contributed by atoms with van der Waals surface area (Å²) in [6, 6.07) is 3.50. The molecule has 19 heavy (non-hydrogen) atoms. The van der Waals surface area contributed by atoms with Gasteiger partial charge in [0.15, 0.2) is 11.3 Å². The van der Waals surface area contributed by atoms with Crippen LogP contribution in [0.2, 0.25) is 5.02 Å². The maximum atomic E-state index is 11.5. The van der Waals surface area contributed by atoms with Crippen LogP contribution in [0.3, 0.4) is 0 Å². The number of hydrogen-bond acceptors (Lipinski definition) is 3. The smallest absolute Gasteiger partial charge is 0.314 e. The van der Waals surface area contributed by atoms with Crippen molar-refractivity contribution >= 4 is 28.5 Å². The molecule has 1 aromatic heterocycles. The Bertz CT molecular complexity index is 682. The number of methoxy groups -OCH3 is 1. The summed E-state index contributed by atoms with van der Waals surface area (Å²) >= 11 is 6.37. The molecule has 1 aliphatic carbocycles. The van der Waals surface area contributed by atoms with Crippen LogP contribution in [0.15, 0.2) is 16.5 Å². The molecular formula is C14H13ClO4. The number of rotatable bonds is 3. The minimum atomic E-state index is -0.857. The van der Waals surface area contributed by atoms with E-state index < -0.39 is 11.4 Å². The second kappa shape index (κ2) is 3.90. The van der Waals surface area contributed by atoms with Gasteiger partial charge in [-0.2, -0.15) is 0 Å². The third-order valence-corrected chi connectivity index (χ3v) is 4.13. The summed E-state index contributed by atoms with van der Waals surface area (Å²) in [5.41, 5.74) is 0.325. The highest BCUT2D eigenvalue weighted by Gasteiger charge is 2.53. The number of furan rings is 1. The first-order valence-electron chi connectivity index (χ1n) is 6.00. The third-order valence-electron chi connectivity index (χ3n) is 3.72. The van der Waals surface area contributed by atoms with Crippen LogP contribution in [0.4, 0.5) is 0 Å². The largest absolute Gasteiger partial charge is 0.493 e. The molecule has 1 heterocycles. The molecule has 1 aliphatic rings. The van der Waals surface area contributed by atoms with Crippen molar-refractivity contribution in [2.75, 3.05) is 7.11 Å². The first kappa shape index (κ1) is 12.4. The number of halogens is 1. The molecule has 0 radical (unpaired) electrons. The predicted octanol–water partition coefficient (Wildman–Crippen LogP) is 3.52. The van der Waals surface area contributed by atoms with Gasteiger partial charge in [0.2, 0.25) is 0 Å². The summed E-state index contributed by atoms with van der Waals surface area (Å²) in [4.78, 5) is 11.5. The second-order valence-corrected chi connectivity index (χ2v) is 5.31. The summed E-state index contributed by atoms with van der Waals surface area (Å²) in [5.74, 6) is 0.401. The van der Waals surface area contributed by atoms with Crippen LogP contribution in [-0.4, -0.2) is 18.2 Å². The van der Waals surface area contributed by atoms with E-state index in [-0.39, 0.29) is 0 Å². The average molecular weight is 281 g/mol. The van der Waals surface area contributed by atoms with E-state index in [0.29, 0.717) is 45.9 Å². The van der Waals surface area contributed by atoms with E-state index >= 15 is 0 Å². The van der Waals surface area contributed by atoms with Gasteiger partial charge >= 0.3 is 5.97 Å². The van der Waals surface area contributed by atoms with Crippen molar-refractivity contribution in [1.82, 2.24) is 0 Å². The number of carboxylic acid groups (broad SMARTS) is 1. The van der Waals surface area contributed by atoms with Crippen LogP contribution in [-0.2, 0) is 10.2 Å². The van der Waals surface area contributed by atoms with Crippen molar-refractivity contribution < 1.29 is 19.1 Å². The summed E-state index contributed by atoms with van der Waals surface area (Å²) in [5, 5.41) is 10.6. The lowest BCUT2D eigenvalue weighted by Crippen LogP contribution is -2.20. The zero-order chi connectivity index (χ0) is 13.8. The van der Waals surface area contributed by atoms with Crippen LogP contribution in [0.25, 0.3) is 11.0 Å². The molecule has 0 amide bonds. The Hall–Kier alpha value is -1.68.